The molecule has 0 spiro atoms. The third kappa shape index (κ3) is 4.33. The highest BCUT2D eigenvalue weighted by Crippen LogP contribution is 2.29. The fourth-order valence-corrected chi connectivity index (χ4v) is 2.14. The lowest BCUT2D eigenvalue weighted by atomic mass is 9.98. The van der Waals surface area contributed by atoms with E-state index in [-0.39, 0.29) is 6.04 Å². The molecule has 0 radical (unpaired) electrons. The highest BCUT2D eigenvalue weighted by atomic mass is 19.4. The molecular formula is C17H17F3N-. The zero-order valence-corrected chi connectivity index (χ0v) is 11.7. The molecule has 0 saturated heterocycles. The number of aryl methyl sites for hydroxylation is 2. The van der Waals surface area contributed by atoms with E-state index in [4.69, 9.17) is 5.73 Å². The van der Waals surface area contributed by atoms with Crippen LogP contribution in [-0.2, 0) is 12.6 Å². The van der Waals surface area contributed by atoms with E-state index in [1.807, 2.05) is 31.2 Å². The van der Waals surface area contributed by atoms with Gasteiger partial charge in [0.1, 0.15) is 0 Å². The molecule has 0 aromatic heterocycles. The predicted octanol–water partition coefficient (Wildman–Crippen LogP) is 5.74. The topological polar surface area (TPSA) is 23.8 Å². The van der Waals surface area contributed by atoms with Crippen molar-refractivity contribution in [3.05, 3.63) is 76.5 Å². The fraction of sp³-hybridized carbons (Fsp3) is 0.294. The van der Waals surface area contributed by atoms with Crippen molar-refractivity contribution >= 4 is 0 Å². The lowest BCUT2D eigenvalue weighted by Gasteiger charge is -2.21. The van der Waals surface area contributed by atoms with Gasteiger partial charge in [-0.05, 0) is 31.0 Å². The van der Waals surface area contributed by atoms with E-state index >= 15 is 0 Å². The van der Waals surface area contributed by atoms with E-state index in [9.17, 15) is 13.2 Å². The number of benzene rings is 2. The van der Waals surface area contributed by atoms with Crippen molar-refractivity contribution in [3.8, 4) is 0 Å². The minimum absolute atomic E-state index is 0.354. The van der Waals surface area contributed by atoms with Crippen LogP contribution >= 0.6 is 0 Å². The predicted molar refractivity (Wildman–Crippen MR) is 78.0 cm³/mol. The van der Waals surface area contributed by atoms with Gasteiger partial charge in [0.15, 0.2) is 0 Å². The number of hydrogen-bond donors (Lipinski definition) is 0. The molecule has 0 bridgehead atoms. The fourth-order valence-electron chi connectivity index (χ4n) is 2.14. The third-order valence-corrected chi connectivity index (χ3v) is 3.48. The van der Waals surface area contributed by atoms with Crippen LogP contribution < -0.4 is 0 Å². The molecule has 1 unspecified atom stereocenters. The lowest BCUT2D eigenvalue weighted by molar-refractivity contribution is -0.137. The second-order valence-electron chi connectivity index (χ2n) is 5.20. The van der Waals surface area contributed by atoms with Crippen molar-refractivity contribution < 1.29 is 13.2 Å². The van der Waals surface area contributed by atoms with E-state index in [2.05, 4.69) is 0 Å². The summed E-state index contributed by atoms with van der Waals surface area (Å²) in [6.07, 6.45) is -3.10. The van der Waals surface area contributed by atoms with Crippen LogP contribution in [0.2, 0.25) is 0 Å². The number of halogens is 3. The first-order valence-electron chi connectivity index (χ1n) is 6.80. The van der Waals surface area contributed by atoms with Crippen LogP contribution in [0.15, 0.2) is 48.5 Å². The van der Waals surface area contributed by atoms with Crippen molar-refractivity contribution in [1.82, 2.24) is 0 Å². The largest absolute Gasteiger partial charge is 0.671 e. The molecule has 0 aliphatic heterocycles. The van der Waals surface area contributed by atoms with Crippen LogP contribution in [0.4, 0.5) is 13.2 Å². The molecule has 2 aromatic carbocycles. The minimum atomic E-state index is -4.29. The van der Waals surface area contributed by atoms with Crippen LogP contribution in [0.3, 0.4) is 0 Å². The average molecular weight is 292 g/mol. The Kier molecular flexibility index (Phi) is 4.68. The van der Waals surface area contributed by atoms with E-state index in [1.165, 1.54) is 12.1 Å². The molecule has 0 saturated carbocycles. The van der Waals surface area contributed by atoms with Gasteiger partial charge in [-0.2, -0.15) is 13.2 Å². The van der Waals surface area contributed by atoms with Gasteiger partial charge < -0.3 is 5.73 Å². The van der Waals surface area contributed by atoms with Gasteiger partial charge in [0.05, 0.1) is 5.56 Å². The van der Waals surface area contributed by atoms with Crippen molar-refractivity contribution in [2.45, 2.75) is 32.0 Å². The van der Waals surface area contributed by atoms with Crippen LogP contribution in [0.5, 0.6) is 0 Å². The van der Waals surface area contributed by atoms with Gasteiger partial charge >= 0.3 is 6.18 Å². The van der Waals surface area contributed by atoms with Crippen molar-refractivity contribution in [2.75, 3.05) is 0 Å². The monoisotopic (exact) mass is 292 g/mol. The molecule has 1 nitrogen and oxygen atoms in total. The number of nitrogens with one attached hydrogen (secondary N) is 1. The lowest BCUT2D eigenvalue weighted by Crippen LogP contribution is -2.04. The Morgan fingerprint density at radius 2 is 1.52 bits per heavy atom. The van der Waals surface area contributed by atoms with Gasteiger partial charge in [-0.15, -0.1) is 6.04 Å². The first-order chi connectivity index (χ1) is 9.86. The van der Waals surface area contributed by atoms with Crippen molar-refractivity contribution in [3.63, 3.8) is 0 Å². The van der Waals surface area contributed by atoms with E-state index in [1.54, 1.807) is 0 Å². The maximum atomic E-state index is 12.5. The molecule has 1 atom stereocenters. The molecule has 4 heteroatoms. The van der Waals surface area contributed by atoms with Crippen LogP contribution in [-0.4, -0.2) is 0 Å². The normalized spacial score (nSPS) is 13.2. The zero-order valence-electron chi connectivity index (χ0n) is 11.7. The second-order valence-corrected chi connectivity index (χ2v) is 5.20. The van der Waals surface area contributed by atoms with Crippen molar-refractivity contribution in [2.24, 2.45) is 0 Å². The molecule has 0 amide bonds. The van der Waals surface area contributed by atoms with Gasteiger partial charge in [0.2, 0.25) is 0 Å². The van der Waals surface area contributed by atoms with E-state index < -0.39 is 11.7 Å². The first-order valence-corrected chi connectivity index (χ1v) is 6.80. The van der Waals surface area contributed by atoms with Gasteiger partial charge in [-0.3, -0.25) is 0 Å². The highest BCUT2D eigenvalue weighted by molar-refractivity contribution is 5.27. The van der Waals surface area contributed by atoms with Gasteiger partial charge in [-0.25, -0.2) is 0 Å². The molecule has 2 rings (SSSR count). The maximum Gasteiger partial charge on any atom is 0.416 e. The Bertz CT molecular complexity index is 570. The molecule has 2 aromatic rings. The maximum absolute atomic E-state index is 12.5. The summed E-state index contributed by atoms with van der Waals surface area (Å²) < 4.78 is 37.4. The first kappa shape index (κ1) is 15.6. The molecule has 1 N–H and O–H groups in total. The van der Waals surface area contributed by atoms with Crippen LogP contribution in [0.1, 0.15) is 34.7 Å². The Hall–Kier alpha value is -1.81. The number of hydrogen-bond acceptors (Lipinski definition) is 0. The standard InChI is InChI=1S/C17H17F3N/c1-12-2-7-14(8-3-12)16(21)11-6-13-4-9-15(10-5-13)17(18,19)20/h2-5,7-10,16,21H,6,11H2,1H3/q-1. The zero-order chi connectivity index (χ0) is 15.5. The second kappa shape index (κ2) is 6.31. The molecule has 0 fully saturated rings. The van der Waals surface area contributed by atoms with Gasteiger partial charge in [0.25, 0.3) is 0 Å². The summed E-state index contributed by atoms with van der Waals surface area (Å²) in [5.74, 6) is 0. The molecule has 112 valence electrons. The highest BCUT2D eigenvalue weighted by Gasteiger charge is 2.29. The Balaban J connectivity index is 1.95. The summed E-state index contributed by atoms with van der Waals surface area (Å²) in [5.41, 5.74) is 10.4. The van der Waals surface area contributed by atoms with Crippen molar-refractivity contribution in [1.29, 1.82) is 0 Å². The van der Waals surface area contributed by atoms with E-state index in [0.29, 0.717) is 12.8 Å². The summed E-state index contributed by atoms with van der Waals surface area (Å²) in [7, 11) is 0. The third-order valence-electron chi connectivity index (χ3n) is 3.48. The quantitative estimate of drug-likeness (QED) is 0.686. The summed E-state index contributed by atoms with van der Waals surface area (Å²) in [5, 5.41) is 0. The van der Waals surface area contributed by atoms with E-state index in [0.717, 1.165) is 28.8 Å². The smallest absolute Gasteiger partial charge is 0.416 e. The molecule has 0 aliphatic carbocycles. The van der Waals surface area contributed by atoms with Crippen LogP contribution in [0, 0.1) is 6.92 Å². The van der Waals surface area contributed by atoms with Gasteiger partial charge in [-0.1, -0.05) is 53.9 Å². The summed E-state index contributed by atoms with van der Waals surface area (Å²) in [6, 6.07) is 12.6. The van der Waals surface area contributed by atoms with Crippen LogP contribution in [0.25, 0.3) is 5.73 Å². The Labute approximate surface area is 122 Å². The molecule has 0 heterocycles. The molecule has 0 aliphatic rings. The summed E-state index contributed by atoms with van der Waals surface area (Å²) in [6.45, 7) is 1.99. The molecular weight excluding hydrogens is 275 g/mol. The average Bonchev–Trinajstić information content (AvgIpc) is 2.45. The number of rotatable bonds is 4. The molecule has 21 heavy (non-hydrogen) atoms. The Morgan fingerprint density at radius 3 is 2.05 bits per heavy atom. The SMILES string of the molecule is Cc1ccc(C([NH-])CCc2ccc(C(F)(F)F)cc2)cc1. The summed E-state index contributed by atoms with van der Waals surface area (Å²) in [4.78, 5) is 0. The Morgan fingerprint density at radius 1 is 0.952 bits per heavy atom. The summed E-state index contributed by atoms with van der Waals surface area (Å²) >= 11 is 0. The number of alkyl halides is 3. The minimum Gasteiger partial charge on any atom is -0.671 e. The van der Waals surface area contributed by atoms with Gasteiger partial charge in [0, 0.05) is 0 Å².